The van der Waals surface area contributed by atoms with Gasteiger partial charge in [-0.3, -0.25) is 4.79 Å². The molecule has 0 aliphatic carbocycles. The quantitative estimate of drug-likeness (QED) is 0.883. The average molecular weight is 317 g/mol. The van der Waals surface area contributed by atoms with Gasteiger partial charge in [0.2, 0.25) is 5.91 Å². The summed E-state index contributed by atoms with van der Waals surface area (Å²) in [6.45, 7) is 2.07. The van der Waals surface area contributed by atoms with E-state index in [-0.39, 0.29) is 17.2 Å². The lowest BCUT2D eigenvalue weighted by atomic mass is 10.0. The third kappa shape index (κ3) is 3.14. The minimum absolute atomic E-state index is 0.0281. The summed E-state index contributed by atoms with van der Waals surface area (Å²) in [5, 5.41) is 17.0. The van der Waals surface area contributed by atoms with Gasteiger partial charge in [0, 0.05) is 0 Å². The van der Waals surface area contributed by atoms with Gasteiger partial charge in [0.15, 0.2) is 5.82 Å². The lowest BCUT2D eigenvalue weighted by Gasteiger charge is -2.26. The molecule has 0 saturated heterocycles. The number of amides is 1. The van der Waals surface area contributed by atoms with Gasteiger partial charge in [0.25, 0.3) is 0 Å². The summed E-state index contributed by atoms with van der Waals surface area (Å²) in [6, 6.07) is 8.00. The molecular formula is C15H19N5OS. The smallest absolute Gasteiger partial charge is 0.238 e. The molecule has 1 amide bonds. The number of tetrazole rings is 1. The standard InChI is InChI=1S/C15H19N5OS/c1-2-5-12(14-17-19-20-18-14)16-15(21)13-11-7-4-3-6-10(11)8-9-22-13/h3-4,6-7,12-13H,2,5,8-9H2,1H3,(H,16,21)(H,17,18,19,20)/t12-,13-/m0/s1. The number of carbonyl (C=O) groups is 1. The van der Waals surface area contributed by atoms with E-state index >= 15 is 0 Å². The van der Waals surface area contributed by atoms with Crippen LogP contribution < -0.4 is 5.32 Å². The molecule has 3 rings (SSSR count). The number of hydrogen-bond donors (Lipinski definition) is 2. The van der Waals surface area contributed by atoms with Crippen molar-refractivity contribution in [3.63, 3.8) is 0 Å². The largest absolute Gasteiger partial charge is 0.345 e. The van der Waals surface area contributed by atoms with Crippen molar-refractivity contribution in [2.75, 3.05) is 5.75 Å². The maximum Gasteiger partial charge on any atom is 0.238 e. The number of aryl methyl sites for hydroxylation is 1. The first-order chi connectivity index (χ1) is 10.8. The monoisotopic (exact) mass is 317 g/mol. The number of aromatic amines is 1. The first-order valence-corrected chi connectivity index (χ1v) is 8.57. The van der Waals surface area contributed by atoms with E-state index in [0.29, 0.717) is 5.82 Å². The summed E-state index contributed by atoms with van der Waals surface area (Å²) in [7, 11) is 0. The van der Waals surface area contributed by atoms with Gasteiger partial charge in [0.05, 0.1) is 6.04 Å². The second-order valence-corrected chi connectivity index (χ2v) is 6.53. The lowest BCUT2D eigenvalue weighted by Crippen LogP contribution is -2.34. The Balaban J connectivity index is 1.77. The van der Waals surface area contributed by atoms with Crippen LogP contribution in [0.5, 0.6) is 0 Å². The molecule has 0 spiro atoms. The van der Waals surface area contributed by atoms with E-state index in [9.17, 15) is 4.79 Å². The highest BCUT2D eigenvalue weighted by molar-refractivity contribution is 8.00. The summed E-state index contributed by atoms with van der Waals surface area (Å²) in [5.74, 6) is 1.54. The number of hydrogen-bond acceptors (Lipinski definition) is 5. The van der Waals surface area contributed by atoms with Crippen molar-refractivity contribution in [3.05, 3.63) is 41.2 Å². The fourth-order valence-electron chi connectivity index (χ4n) is 2.73. The van der Waals surface area contributed by atoms with E-state index in [2.05, 4.69) is 45.0 Å². The predicted octanol–water partition coefficient (Wildman–Crippen LogP) is 2.19. The third-order valence-corrected chi connectivity index (χ3v) is 5.04. The highest BCUT2D eigenvalue weighted by Crippen LogP contribution is 2.37. The fourth-order valence-corrected chi connectivity index (χ4v) is 3.93. The van der Waals surface area contributed by atoms with Crippen molar-refractivity contribution >= 4 is 17.7 Å². The molecule has 2 aromatic rings. The Morgan fingerprint density at radius 1 is 1.50 bits per heavy atom. The Bertz CT molecular complexity index is 631. The van der Waals surface area contributed by atoms with Crippen LogP contribution in [0.4, 0.5) is 0 Å². The van der Waals surface area contributed by atoms with Crippen molar-refractivity contribution in [3.8, 4) is 0 Å². The first-order valence-electron chi connectivity index (χ1n) is 7.52. The summed E-state index contributed by atoms with van der Waals surface area (Å²) >= 11 is 1.70. The number of aromatic nitrogens is 4. The van der Waals surface area contributed by atoms with E-state index in [0.717, 1.165) is 30.6 Å². The zero-order chi connectivity index (χ0) is 15.4. The molecule has 2 N–H and O–H groups in total. The van der Waals surface area contributed by atoms with Crippen LogP contribution in [0.2, 0.25) is 0 Å². The maximum absolute atomic E-state index is 12.7. The summed E-state index contributed by atoms with van der Waals surface area (Å²) in [6.07, 6.45) is 2.76. The van der Waals surface area contributed by atoms with Gasteiger partial charge in [-0.15, -0.1) is 22.0 Å². The normalized spacial score (nSPS) is 18.5. The Labute approximate surface area is 133 Å². The van der Waals surface area contributed by atoms with Crippen molar-refractivity contribution in [2.24, 2.45) is 0 Å². The predicted molar refractivity (Wildman–Crippen MR) is 85.3 cm³/mol. The SMILES string of the molecule is CCC[C@H](NC(=O)[C@H]1SCCc2ccccc21)c1nn[nH]n1. The van der Waals surface area contributed by atoms with Gasteiger partial charge in [-0.1, -0.05) is 42.8 Å². The van der Waals surface area contributed by atoms with Crippen LogP contribution in [0.15, 0.2) is 24.3 Å². The zero-order valence-electron chi connectivity index (χ0n) is 12.5. The van der Waals surface area contributed by atoms with Gasteiger partial charge in [-0.05, 0) is 29.7 Å². The molecule has 1 aliphatic rings. The zero-order valence-corrected chi connectivity index (χ0v) is 13.3. The van der Waals surface area contributed by atoms with Gasteiger partial charge < -0.3 is 5.32 Å². The van der Waals surface area contributed by atoms with Crippen LogP contribution in [0.1, 0.15) is 48.0 Å². The number of thioether (sulfide) groups is 1. The molecule has 1 aromatic carbocycles. The first kappa shape index (κ1) is 15.0. The summed E-state index contributed by atoms with van der Waals surface area (Å²) in [4.78, 5) is 12.7. The van der Waals surface area contributed by atoms with Crippen LogP contribution in [0.3, 0.4) is 0 Å². The topological polar surface area (TPSA) is 83.6 Å². The minimum atomic E-state index is -0.189. The molecule has 0 radical (unpaired) electrons. The number of carbonyl (C=O) groups excluding carboxylic acids is 1. The van der Waals surface area contributed by atoms with E-state index in [4.69, 9.17) is 0 Å². The Kier molecular flexibility index (Phi) is 4.72. The van der Waals surface area contributed by atoms with Gasteiger partial charge in [-0.2, -0.15) is 5.21 Å². The van der Waals surface area contributed by atoms with Crippen LogP contribution >= 0.6 is 11.8 Å². The van der Waals surface area contributed by atoms with Crippen LogP contribution in [-0.4, -0.2) is 32.3 Å². The molecular weight excluding hydrogens is 298 g/mol. The van der Waals surface area contributed by atoms with Crippen LogP contribution in [0.25, 0.3) is 0 Å². The Hall–Kier alpha value is -1.89. The molecule has 2 heterocycles. The number of nitrogens with zero attached hydrogens (tertiary/aromatic N) is 3. The van der Waals surface area contributed by atoms with Crippen LogP contribution in [0, 0.1) is 0 Å². The number of fused-ring (bicyclic) bond motifs is 1. The average Bonchev–Trinajstić information content (AvgIpc) is 3.08. The molecule has 1 aliphatic heterocycles. The minimum Gasteiger partial charge on any atom is -0.345 e. The molecule has 0 saturated carbocycles. The van der Waals surface area contributed by atoms with E-state index < -0.39 is 0 Å². The number of H-pyrrole nitrogens is 1. The van der Waals surface area contributed by atoms with Crippen molar-refractivity contribution < 1.29 is 4.79 Å². The number of rotatable bonds is 5. The second-order valence-electron chi connectivity index (χ2n) is 5.32. The molecule has 7 heteroatoms. The fraction of sp³-hybridized carbons (Fsp3) is 0.467. The molecule has 2 atom stereocenters. The van der Waals surface area contributed by atoms with E-state index in [1.807, 2.05) is 12.1 Å². The molecule has 22 heavy (non-hydrogen) atoms. The molecule has 0 bridgehead atoms. The number of benzene rings is 1. The highest BCUT2D eigenvalue weighted by Gasteiger charge is 2.29. The Morgan fingerprint density at radius 2 is 2.36 bits per heavy atom. The van der Waals surface area contributed by atoms with Crippen molar-refractivity contribution in [2.45, 2.75) is 37.5 Å². The van der Waals surface area contributed by atoms with Gasteiger partial charge in [0.1, 0.15) is 5.25 Å². The third-order valence-electron chi connectivity index (χ3n) is 3.80. The Morgan fingerprint density at radius 3 is 3.14 bits per heavy atom. The summed E-state index contributed by atoms with van der Waals surface area (Å²) in [5.41, 5.74) is 2.40. The molecule has 116 valence electrons. The van der Waals surface area contributed by atoms with E-state index in [1.165, 1.54) is 5.56 Å². The lowest BCUT2D eigenvalue weighted by molar-refractivity contribution is -0.121. The molecule has 0 fully saturated rings. The molecule has 6 nitrogen and oxygen atoms in total. The summed E-state index contributed by atoms with van der Waals surface area (Å²) < 4.78 is 0. The molecule has 0 unspecified atom stereocenters. The van der Waals surface area contributed by atoms with Gasteiger partial charge >= 0.3 is 0 Å². The van der Waals surface area contributed by atoms with Crippen LogP contribution in [-0.2, 0) is 11.2 Å². The maximum atomic E-state index is 12.7. The number of nitrogens with one attached hydrogen (secondary N) is 2. The van der Waals surface area contributed by atoms with Gasteiger partial charge in [-0.25, -0.2) is 0 Å². The molecule has 1 aromatic heterocycles. The van der Waals surface area contributed by atoms with E-state index in [1.54, 1.807) is 11.8 Å². The highest BCUT2D eigenvalue weighted by atomic mass is 32.2. The van der Waals surface area contributed by atoms with Crippen molar-refractivity contribution in [1.29, 1.82) is 0 Å². The van der Waals surface area contributed by atoms with Crippen molar-refractivity contribution in [1.82, 2.24) is 25.9 Å². The second kappa shape index (κ2) is 6.91.